The predicted octanol–water partition coefficient (Wildman–Crippen LogP) is 2.20. The number of alkyl halides is 1. The van der Waals surface area contributed by atoms with Gasteiger partial charge in [0.15, 0.2) is 23.6 Å². The zero-order chi connectivity index (χ0) is 19.0. The molecule has 1 aromatic rings. The van der Waals surface area contributed by atoms with Gasteiger partial charge in [-0.3, -0.25) is 9.98 Å². The van der Waals surface area contributed by atoms with E-state index < -0.39 is 11.9 Å². The van der Waals surface area contributed by atoms with Crippen molar-refractivity contribution in [3.8, 4) is 0 Å². The highest BCUT2D eigenvalue weighted by molar-refractivity contribution is 6.29. The first-order valence-electron chi connectivity index (χ1n) is 9.00. The maximum absolute atomic E-state index is 14.3. The highest BCUT2D eigenvalue weighted by atomic mass is 35.5. The molecule has 0 radical (unpaired) electrons. The molecule has 0 aromatic carbocycles. The second kappa shape index (κ2) is 7.61. The quantitative estimate of drug-likeness (QED) is 0.765. The van der Waals surface area contributed by atoms with Crippen LogP contribution in [0.4, 0.5) is 10.2 Å². The Morgan fingerprint density at radius 3 is 3.00 bits per heavy atom. The molecule has 3 heterocycles. The van der Waals surface area contributed by atoms with Gasteiger partial charge < -0.3 is 15.2 Å². The Morgan fingerprint density at radius 2 is 2.19 bits per heavy atom. The lowest BCUT2D eigenvalue weighted by Crippen LogP contribution is -2.46. The third-order valence-electron chi connectivity index (χ3n) is 5.21. The zero-order valence-electron chi connectivity index (χ0n) is 14.8. The minimum absolute atomic E-state index is 0.0625. The maximum atomic E-state index is 14.3. The monoisotopic (exact) mass is 393 g/mol. The molecular weight excluding hydrogens is 373 g/mol. The Kier molecular flexibility index (Phi) is 5.21. The van der Waals surface area contributed by atoms with Crippen LogP contribution in [0.15, 0.2) is 21.8 Å². The van der Waals surface area contributed by atoms with Crippen LogP contribution in [0.5, 0.6) is 0 Å². The van der Waals surface area contributed by atoms with E-state index in [1.165, 1.54) is 0 Å². The van der Waals surface area contributed by atoms with E-state index >= 15 is 0 Å². The van der Waals surface area contributed by atoms with E-state index in [-0.39, 0.29) is 29.5 Å². The molecule has 9 heteroatoms. The SMILES string of the molecule is COC1CCCC(Nc2nc(C3=C4CC(Cl)C=NC4N=C3)ncc2F)C1O. The number of hydrogen-bond donors (Lipinski definition) is 2. The van der Waals surface area contributed by atoms with Gasteiger partial charge in [0.1, 0.15) is 6.10 Å². The minimum Gasteiger partial charge on any atom is -0.388 e. The minimum atomic E-state index is -0.731. The number of aliphatic hydroxyl groups is 1. The fourth-order valence-electron chi connectivity index (χ4n) is 3.77. The van der Waals surface area contributed by atoms with Gasteiger partial charge in [0.05, 0.1) is 23.7 Å². The van der Waals surface area contributed by atoms with E-state index in [1.807, 2.05) is 0 Å². The van der Waals surface area contributed by atoms with Crippen molar-refractivity contribution in [1.82, 2.24) is 9.97 Å². The smallest absolute Gasteiger partial charge is 0.183 e. The van der Waals surface area contributed by atoms with Gasteiger partial charge in [-0.25, -0.2) is 14.4 Å². The summed E-state index contributed by atoms with van der Waals surface area (Å²) < 4.78 is 19.6. The van der Waals surface area contributed by atoms with Crippen LogP contribution in [0.2, 0.25) is 0 Å². The summed E-state index contributed by atoms with van der Waals surface area (Å²) in [5.74, 6) is -0.137. The molecule has 144 valence electrons. The molecule has 5 unspecified atom stereocenters. The van der Waals surface area contributed by atoms with Gasteiger partial charge in [-0.05, 0) is 31.3 Å². The number of hydrogen-bond acceptors (Lipinski definition) is 7. The number of ether oxygens (including phenoxy) is 1. The predicted molar refractivity (Wildman–Crippen MR) is 102 cm³/mol. The molecule has 3 aliphatic rings. The molecule has 0 amide bonds. The molecule has 7 nitrogen and oxygen atoms in total. The van der Waals surface area contributed by atoms with Crippen LogP contribution in [0, 0.1) is 5.82 Å². The highest BCUT2D eigenvalue weighted by Crippen LogP contribution is 2.33. The van der Waals surface area contributed by atoms with Crippen molar-refractivity contribution >= 4 is 35.4 Å². The number of fused-ring (bicyclic) bond motifs is 1. The largest absolute Gasteiger partial charge is 0.388 e. The number of aliphatic hydroxyl groups excluding tert-OH is 1. The number of anilines is 1. The zero-order valence-corrected chi connectivity index (χ0v) is 15.6. The van der Waals surface area contributed by atoms with Gasteiger partial charge >= 0.3 is 0 Å². The Bertz CT molecular complexity index is 815. The maximum Gasteiger partial charge on any atom is 0.183 e. The number of methoxy groups -OCH3 is 1. The standard InChI is InChI=1S/C18H21ClFN5O2/c1-27-14-4-2-3-13(15(14)26)24-18-12(20)8-23-17(25-18)11-7-22-16-10(11)5-9(19)6-21-16/h6-9,13-16,26H,2-5H2,1H3,(H,23,24,25). The van der Waals surface area contributed by atoms with Crippen molar-refractivity contribution in [2.24, 2.45) is 9.98 Å². The molecule has 27 heavy (non-hydrogen) atoms. The summed E-state index contributed by atoms with van der Waals surface area (Å²) in [7, 11) is 1.57. The van der Waals surface area contributed by atoms with E-state index in [0.29, 0.717) is 18.7 Å². The van der Waals surface area contributed by atoms with E-state index in [9.17, 15) is 9.50 Å². The first-order valence-corrected chi connectivity index (χ1v) is 9.44. The van der Waals surface area contributed by atoms with E-state index in [2.05, 4.69) is 25.3 Å². The van der Waals surface area contributed by atoms with Crippen LogP contribution in [0.25, 0.3) is 5.57 Å². The van der Waals surface area contributed by atoms with Crippen molar-refractivity contribution in [2.45, 2.75) is 55.5 Å². The van der Waals surface area contributed by atoms with Crippen LogP contribution in [0.3, 0.4) is 0 Å². The molecule has 2 aliphatic heterocycles. The van der Waals surface area contributed by atoms with Crippen molar-refractivity contribution in [2.75, 3.05) is 12.4 Å². The lowest BCUT2D eigenvalue weighted by atomic mass is 9.90. The molecule has 4 rings (SSSR count). The number of nitrogens with one attached hydrogen (secondary N) is 1. The third kappa shape index (κ3) is 3.61. The number of nitrogens with zero attached hydrogens (tertiary/aromatic N) is 4. The number of halogens is 2. The summed E-state index contributed by atoms with van der Waals surface area (Å²) in [4.78, 5) is 17.1. The van der Waals surface area contributed by atoms with Crippen molar-refractivity contribution in [3.05, 3.63) is 23.4 Å². The van der Waals surface area contributed by atoms with Crippen molar-refractivity contribution < 1.29 is 14.2 Å². The van der Waals surface area contributed by atoms with E-state index in [1.54, 1.807) is 19.5 Å². The molecule has 1 fully saturated rings. The number of rotatable bonds is 4. The molecular formula is C18H21ClFN5O2. The van der Waals surface area contributed by atoms with E-state index in [0.717, 1.165) is 30.2 Å². The summed E-state index contributed by atoms with van der Waals surface area (Å²) in [6, 6.07) is -0.338. The van der Waals surface area contributed by atoms with Crippen LogP contribution in [0.1, 0.15) is 31.5 Å². The van der Waals surface area contributed by atoms with Gasteiger partial charge in [0, 0.05) is 25.1 Å². The summed E-state index contributed by atoms with van der Waals surface area (Å²) >= 11 is 6.17. The lowest BCUT2D eigenvalue weighted by molar-refractivity contribution is -0.0421. The topological polar surface area (TPSA) is 92.0 Å². The summed E-state index contributed by atoms with van der Waals surface area (Å²) in [5.41, 5.74) is 1.66. The molecule has 0 saturated heterocycles. The average molecular weight is 394 g/mol. The Balaban J connectivity index is 1.60. The van der Waals surface area contributed by atoms with Gasteiger partial charge in [0.25, 0.3) is 0 Å². The first-order chi connectivity index (χ1) is 13.1. The van der Waals surface area contributed by atoms with Crippen LogP contribution < -0.4 is 5.32 Å². The number of allylic oxidation sites excluding steroid dienone is 1. The third-order valence-corrected chi connectivity index (χ3v) is 5.48. The lowest BCUT2D eigenvalue weighted by Gasteiger charge is -2.34. The number of aromatic nitrogens is 2. The summed E-state index contributed by atoms with van der Waals surface area (Å²) in [6.07, 6.45) is 6.16. The second-order valence-corrected chi connectivity index (χ2v) is 7.51. The first kappa shape index (κ1) is 18.5. The second-order valence-electron chi connectivity index (χ2n) is 6.95. The molecule has 2 N–H and O–H groups in total. The average Bonchev–Trinajstić information content (AvgIpc) is 3.08. The molecule has 1 aromatic heterocycles. The van der Waals surface area contributed by atoms with Gasteiger partial charge in [-0.15, -0.1) is 11.6 Å². The Labute approximate surface area is 161 Å². The Morgan fingerprint density at radius 1 is 1.33 bits per heavy atom. The van der Waals surface area contributed by atoms with Crippen LogP contribution in [-0.4, -0.2) is 64.4 Å². The van der Waals surface area contributed by atoms with Gasteiger partial charge in [-0.2, -0.15) is 0 Å². The number of aliphatic imine (C=N–C) groups is 2. The normalized spacial score (nSPS) is 32.7. The highest BCUT2D eigenvalue weighted by Gasteiger charge is 2.33. The fourth-order valence-corrected chi connectivity index (χ4v) is 4.00. The van der Waals surface area contributed by atoms with E-state index in [4.69, 9.17) is 16.3 Å². The van der Waals surface area contributed by atoms with Gasteiger partial charge in [0.2, 0.25) is 0 Å². The van der Waals surface area contributed by atoms with Crippen LogP contribution in [-0.2, 0) is 4.74 Å². The molecule has 1 saturated carbocycles. The van der Waals surface area contributed by atoms with Gasteiger partial charge in [-0.1, -0.05) is 0 Å². The summed E-state index contributed by atoms with van der Waals surface area (Å²) in [6.45, 7) is 0. The van der Waals surface area contributed by atoms with Crippen LogP contribution >= 0.6 is 11.6 Å². The molecule has 5 atom stereocenters. The molecule has 0 bridgehead atoms. The fraction of sp³-hybridized carbons (Fsp3) is 0.556. The molecule has 1 aliphatic carbocycles. The van der Waals surface area contributed by atoms with Crippen molar-refractivity contribution in [1.29, 1.82) is 0 Å². The van der Waals surface area contributed by atoms with Crippen molar-refractivity contribution in [3.63, 3.8) is 0 Å². The summed E-state index contributed by atoms with van der Waals surface area (Å²) in [5, 5.41) is 13.3. The molecule has 0 spiro atoms. The Hall–Kier alpha value is -1.90.